The maximum atomic E-state index is 5.53. The van der Waals surface area contributed by atoms with E-state index >= 15 is 0 Å². The van der Waals surface area contributed by atoms with Crippen molar-refractivity contribution in [3.8, 4) is 0 Å². The fourth-order valence-corrected chi connectivity index (χ4v) is 1.33. The third-order valence-corrected chi connectivity index (χ3v) is 2.05. The first-order chi connectivity index (χ1) is 6.90. The van der Waals surface area contributed by atoms with Gasteiger partial charge in [0.1, 0.15) is 12.2 Å². The molecule has 0 spiro atoms. The quantitative estimate of drug-likeness (QED) is 0.774. The van der Waals surface area contributed by atoms with E-state index in [-0.39, 0.29) is 0 Å². The van der Waals surface area contributed by atoms with Gasteiger partial charge in [-0.25, -0.2) is 9.67 Å². The molecule has 0 saturated carbocycles. The molecule has 0 fully saturated rings. The summed E-state index contributed by atoms with van der Waals surface area (Å²) in [7, 11) is 0. The second kappa shape index (κ2) is 4.02. The van der Waals surface area contributed by atoms with Crippen LogP contribution in [0.2, 0.25) is 0 Å². The van der Waals surface area contributed by atoms with E-state index in [0.717, 1.165) is 12.4 Å². The average Bonchev–Trinajstić information content (AvgIpc) is 2.67. The van der Waals surface area contributed by atoms with Gasteiger partial charge in [-0.2, -0.15) is 5.10 Å². The first kappa shape index (κ1) is 8.90. The van der Waals surface area contributed by atoms with Crippen LogP contribution in [0.1, 0.15) is 11.4 Å². The molecule has 0 aliphatic rings. The third-order valence-electron chi connectivity index (χ3n) is 2.05. The van der Waals surface area contributed by atoms with E-state index in [1.165, 1.54) is 11.9 Å². The molecule has 1 heterocycles. The van der Waals surface area contributed by atoms with Crippen molar-refractivity contribution >= 4 is 0 Å². The van der Waals surface area contributed by atoms with Gasteiger partial charge in [0.2, 0.25) is 0 Å². The van der Waals surface area contributed by atoms with Gasteiger partial charge in [0.15, 0.2) is 0 Å². The molecule has 2 N–H and O–H groups in total. The van der Waals surface area contributed by atoms with Gasteiger partial charge < -0.3 is 5.73 Å². The largest absolute Gasteiger partial charge is 0.324 e. The van der Waals surface area contributed by atoms with E-state index in [0.29, 0.717) is 6.54 Å². The zero-order valence-electron chi connectivity index (χ0n) is 7.80. The SMILES string of the molecule is NCc1ncnn1Cc1ccccc1. The Kier molecular flexibility index (Phi) is 2.55. The average molecular weight is 188 g/mol. The highest BCUT2D eigenvalue weighted by atomic mass is 15.3. The van der Waals surface area contributed by atoms with E-state index in [1.54, 1.807) is 0 Å². The van der Waals surface area contributed by atoms with E-state index in [1.807, 2.05) is 22.9 Å². The first-order valence-electron chi connectivity index (χ1n) is 4.51. The Hall–Kier alpha value is -1.68. The fraction of sp³-hybridized carbons (Fsp3) is 0.200. The van der Waals surface area contributed by atoms with Crippen LogP contribution in [0.4, 0.5) is 0 Å². The lowest BCUT2D eigenvalue weighted by molar-refractivity contribution is 0.639. The Balaban J connectivity index is 2.19. The number of hydrogen-bond acceptors (Lipinski definition) is 3. The second-order valence-electron chi connectivity index (χ2n) is 3.02. The van der Waals surface area contributed by atoms with Crippen LogP contribution in [-0.2, 0) is 13.1 Å². The molecule has 0 atom stereocenters. The zero-order chi connectivity index (χ0) is 9.80. The predicted octanol–water partition coefficient (Wildman–Crippen LogP) is 0.785. The molecule has 4 nitrogen and oxygen atoms in total. The molecule has 0 amide bonds. The first-order valence-corrected chi connectivity index (χ1v) is 4.51. The molecule has 72 valence electrons. The minimum atomic E-state index is 0.423. The lowest BCUT2D eigenvalue weighted by atomic mass is 10.2. The van der Waals surface area contributed by atoms with Gasteiger partial charge in [-0.1, -0.05) is 30.3 Å². The molecule has 4 heteroatoms. The minimum absolute atomic E-state index is 0.423. The summed E-state index contributed by atoms with van der Waals surface area (Å²) in [6.45, 7) is 1.15. The summed E-state index contributed by atoms with van der Waals surface area (Å²) in [5.74, 6) is 0.814. The highest BCUT2D eigenvalue weighted by molar-refractivity contribution is 5.15. The van der Waals surface area contributed by atoms with Crippen LogP contribution in [0.25, 0.3) is 0 Å². The molecule has 2 aromatic rings. The van der Waals surface area contributed by atoms with Crippen molar-refractivity contribution in [1.29, 1.82) is 0 Å². The van der Waals surface area contributed by atoms with Gasteiger partial charge in [-0.05, 0) is 5.56 Å². The normalized spacial score (nSPS) is 10.4. The van der Waals surface area contributed by atoms with Crippen molar-refractivity contribution in [2.45, 2.75) is 13.1 Å². The van der Waals surface area contributed by atoms with Gasteiger partial charge in [-0.15, -0.1) is 0 Å². The summed E-state index contributed by atoms with van der Waals surface area (Å²) in [5.41, 5.74) is 6.73. The Morgan fingerprint density at radius 3 is 2.71 bits per heavy atom. The molecule has 0 saturated heterocycles. The fourth-order valence-electron chi connectivity index (χ4n) is 1.33. The molecular weight excluding hydrogens is 176 g/mol. The van der Waals surface area contributed by atoms with Gasteiger partial charge in [0, 0.05) is 0 Å². The van der Waals surface area contributed by atoms with Crippen molar-refractivity contribution in [3.63, 3.8) is 0 Å². The third kappa shape index (κ3) is 1.80. The van der Waals surface area contributed by atoms with Crippen LogP contribution in [0.3, 0.4) is 0 Å². The standard InChI is InChI=1S/C10H12N4/c11-6-10-12-8-13-14(10)7-9-4-2-1-3-5-9/h1-5,8H,6-7,11H2. The van der Waals surface area contributed by atoms with E-state index in [2.05, 4.69) is 22.2 Å². The van der Waals surface area contributed by atoms with Crippen molar-refractivity contribution in [2.75, 3.05) is 0 Å². The van der Waals surface area contributed by atoms with Crippen LogP contribution < -0.4 is 5.73 Å². The molecule has 1 aromatic heterocycles. The Labute approximate surface area is 82.4 Å². The highest BCUT2D eigenvalue weighted by Crippen LogP contribution is 2.02. The second-order valence-corrected chi connectivity index (χ2v) is 3.02. The van der Waals surface area contributed by atoms with E-state index < -0.39 is 0 Å². The molecule has 0 aliphatic carbocycles. The van der Waals surface area contributed by atoms with Crippen LogP contribution in [-0.4, -0.2) is 14.8 Å². The van der Waals surface area contributed by atoms with E-state index in [4.69, 9.17) is 5.73 Å². The zero-order valence-corrected chi connectivity index (χ0v) is 7.80. The van der Waals surface area contributed by atoms with Crippen LogP contribution in [0.5, 0.6) is 0 Å². The molecule has 1 aromatic carbocycles. The summed E-state index contributed by atoms with van der Waals surface area (Å²) >= 11 is 0. The summed E-state index contributed by atoms with van der Waals surface area (Å²) in [4.78, 5) is 4.06. The molecule has 0 radical (unpaired) electrons. The van der Waals surface area contributed by atoms with Crippen molar-refractivity contribution in [1.82, 2.24) is 14.8 Å². The van der Waals surface area contributed by atoms with Crippen molar-refractivity contribution in [2.24, 2.45) is 5.73 Å². The van der Waals surface area contributed by atoms with Crippen molar-refractivity contribution < 1.29 is 0 Å². The number of aromatic nitrogens is 3. The summed E-state index contributed by atoms with van der Waals surface area (Å²) in [6.07, 6.45) is 1.53. The monoisotopic (exact) mass is 188 g/mol. The lowest BCUT2D eigenvalue weighted by Crippen LogP contribution is -2.10. The lowest BCUT2D eigenvalue weighted by Gasteiger charge is -2.03. The molecular formula is C10H12N4. The topological polar surface area (TPSA) is 56.7 Å². The van der Waals surface area contributed by atoms with Gasteiger partial charge in [0.25, 0.3) is 0 Å². The van der Waals surface area contributed by atoms with Crippen LogP contribution in [0, 0.1) is 0 Å². The number of nitrogens with two attached hydrogens (primary N) is 1. The smallest absolute Gasteiger partial charge is 0.140 e. The summed E-state index contributed by atoms with van der Waals surface area (Å²) in [6, 6.07) is 10.1. The van der Waals surface area contributed by atoms with Crippen LogP contribution >= 0.6 is 0 Å². The number of benzene rings is 1. The molecule has 2 rings (SSSR count). The van der Waals surface area contributed by atoms with Crippen LogP contribution in [0.15, 0.2) is 36.7 Å². The molecule has 0 unspecified atom stereocenters. The molecule has 0 aliphatic heterocycles. The maximum absolute atomic E-state index is 5.53. The number of rotatable bonds is 3. The highest BCUT2D eigenvalue weighted by Gasteiger charge is 2.01. The maximum Gasteiger partial charge on any atom is 0.140 e. The van der Waals surface area contributed by atoms with E-state index in [9.17, 15) is 0 Å². The Morgan fingerprint density at radius 2 is 2.00 bits per heavy atom. The van der Waals surface area contributed by atoms with Gasteiger partial charge in [-0.3, -0.25) is 0 Å². The molecule has 0 bridgehead atoms. The number of hydrogen-bond donors (Lipinski definition) is 1. The Morgan fingerprint density at radius 1 is 1.21 bits per heavy atom. The van der Waals surface area contributed by atoms with Crippen molar-refractivity contribution in [3.05, 3.63) is 48.0 Å². The van der Waals surface area contributed by atoms with Gasteiger partial charge >= 0.3 is 0 Å². The number of nitrogens with zero attached hydrogens (tertiary/aromatic N) is 3. The predicted molar refractivity (Wildman–Crippen MR) is 53.5 cm³/mol. The summed E-state index contributed by atoms with van der Waals surface area (Å²) < 4.78 is 1.81. The summed E-state index contributed by atoms with van der Waals surface area (Å²) in [5, 5.41) is 4.11. The van der Waals surface area contributed by atoms with Gasteiger partial charge in [0.05, 0.1) is 13.1 Å². The Bertz CT molecular complexity index is 394. The minimum Gasteiger partial charge on any atom is -0.324 e. The molecule has 14 heavy (non-hydrogen) atoms.